The van der Waals surface area contributed by atoms with Gasteiger partial charge in [0.1, 0.15) is 5.82 Å². The lowest BCUT2D eigenvalue weighted by atomic mass is 9.87. The zero-order valence-electron chi connectivity index (χ0n) is 13.0. The molecule has 6 heteroatoms. The van der Waals surface area contributed by atoms with E-state index in [0.29, 0.717) is 5.41 Å². The van der Waals surface area contributed by atoms with Crippen LogP contribution in [0.15, 0.2) is 34.9 Å². The highest BCUT2D eigenvalue weighted by Gasteiger charge is 2.40. The third-order valence-electron chi connectivity index (χ3n) is 4.99. The first-order valence-corrected chi connectivity index (χ1v) is 8.75. The van der Waals surface area contributed by atoms with Crippen molar-refractivity contribution in [3.05, 3.63) is 40.8 Å². The SMILES string of the molecule is Brc1cccc(-c2cnc(CN3CCC4(CCNC4)C3)[nH]2)c1.Cl. The van der Waals surface area contributed by atoms with E-state index < -0.39 is 0 Å². The van der Waals surface area contributed by atoms with Gasteiger partial charge in [-0.1, -0.05) is 28.1 Å². The zero-order valence-corrected chi connectivity index (χ0v) is 15.4. The maximum Gasteiger partial charge on any atom is 0.120 e. The molecule has 2 fully saturated rings. The second kappa shape index (κ2) is 6.93. The van der Waals surface area contributed by atoms with Crippen molar-refractivity contribution in [3.8, 4) is 11.3 Å². The monoisotopic (exact) mass is 396 g/mol. The number of halogens is 2. The molecule has 1 spiro atoms. The fraction of sp³-hybridized carbons (Fsp3) is 0.471. The Balaban J connectivity index is 0.00000156. The number of aromatic nitrogens is 2. The van der Waals surface area contributed by atoms with Crippen molar-refractivity contribution in [2.24, 2.45) is 5.41 Å². The number of benzene rings is 1. The lowest BCUT2D eigenvalue weighted by Crippen LogP contribution is -2.29. The minimum atomic E-state index is 0. The van der Waals surface area contributed by atoms with Crippen LogP contribution in [-0.4, -0.2) is 41.0 Å². The topological polar surface area (TPSA) is 44.0 Å². The van der Waals surface area contributed by atoms with Crippen molar-refractivity contribution >= 4 is 28.3 Å². The summed E-state index contributed by atoms with van der Waals surface area (Å²) in [5.41, 5.74) is 2.79. The highest BCUT2D eigenvalue weighted by molar-refractivity contribution is 9.10. The molecule has 0 bridgehead atoms. The van der Waals surface area contributed by atoms with Crippen molar-refractivity contribution in [2.75, 3.05) is 26.2 Å². The first kappa shape index (κ1) is 17.0. The van der Waals surface area contributed by atoms with Crippen LogP contribution in [0.1, 0.15) is 18.7 Å². The number of hydrogen-bond acceptors (Lipinski definition) is 3. The molecule has 0 amide bonds. The van der Waals surface area contributed by atoms with Gasteiger partial charge in [0, 0.05) is 23.1 Å². The fourth-order valence-corrected chi connectivity index (χ4v) is 4.16. The van der Waals surface area contributed by atoms with Crippen molar-refractivity contribution in [1.29, 1.82) is 0 Å². The molecule has 2 N–H and O–H groups in total. The Morgan fingerprint density at radius 2 is 2.22 bits per heavy atom. The van der Waals surface area contributed by atoms with E-state index >= 15 is 0 Å². The van der Waals surface area contributed by atoms with E-state index in [9.17, 15) is 0 Å². The van der Waals surface area contributed by atoms with Gasteiger partial charge in [-0.2, -0.15) is 0 Å². The van der Waals surface area contributed by atoms with Crippen LogP contribution in [0.4, 0.5) is 0 Å². The lowest BCUT2D eigenvalue weighted by molar-refractivity contribution is 0.264. The molecule has 0 aliphatic carbocycles. The molecule has 2 aliphatic rings. The van der Waals surface area contributed by atoms with Crippen LogP contribution in [0.25, 0.3) is 11.3 Å². The average molecular weight is 398 g/mol. The molecule has 4 rings (SSSR count). The number of aromatic amines is 1. The summed E-state index contributed by atoms with van der Waals surface area (Å²) in [5, 5.41) is 3.52. The van der Waals surface area contributed by atoms with Crippen molar-refractivity contribution in [1.82, 2.24) is 20.2 Å². The number of nitrogens with one attached hydrogen (secondary N) is 2. The molecule has 1 aromatic carbocycles. The summed E-state index contributed by atoms with van der Waals surface area (Å²) in [6, 6.07) is 8.32. The molecule has 23 heavy (non-hydrogen) atoms. The minimum absolute atomic E-state index is 0. The van der Waals surface area contributed by atoms with E-state index in [1.165, 1.54) is 44.6 Å². The normalized spacial score (nSPS) is 24.2. The summed E-state index contributed by atoms with van der Waals surface area (Å²) in [7, 11) is 0. The molecule has 0 radical (unpaired) electrons. The van der Waals surface area contributed by atoms with Crippen LogP contribution in [0.2, 0.25) is 0 Å². The quantitative estimate of drug-likeness (QED) is 0.834. The number of hydrogen-bond donors (Lipinski definition) is 2. The standard InChI is InChI=1S/C17H21BrN4.ClH/c18-14-3-1-2-13(8-14)15-9-20-16(21-15)10-22-7-5-17(12-22)4-6-19-11-17;/h1-3,8-9,19H,4-7,10-12H2,(H,20,21);1H. The van der Waals surface area contributed by atoms with E-state index in [0.717, 1.165) is 22.5 Å². The van der Waals surface area contributed by atoms with E-state index in [-0.39, 0.29) is 12.4 Å². The molecule has 1 aromatic heterocycles. The Hall–Kier alpha value is -0.880. The molecule has 0 saturated carbocycles. The molecular weight excluding hydrogens is 376 g/mol. The minimum Gasteiger partial charge on any atom is -0.341 e. The van der Waals surface area contributed by atoms with Crippen LogP contribution < -0.4 is 5.32 Å². The molecular formula is C17H22BrClN4. The number of nitrogens with zero attached hydrogens (tertiary/aromatic N) is 2. The Morgan fingerprint density at radius 1 is 1.30 bits per heavy atom. The van der Waals surface area contributed by atoms with Gasteiger partial charge in [-0.3, -0.25) is 4.90 Å². The van der Waals surface area contributed by atoms with Crippen molar-refractivity contribution in [3.63, 3.8) is 0 Å². The molecule has 1 unspecified atom stereocenters. The molecule has 2 aromatic rings. The molecule has 124 valence electrons. The van der Waals surface area contributed by atoms with Gasteiger partial charge in [-0.05, 0) is 43.5 Å². The predicted molar refractivity (Wildman–Crippen MR) is 98.8 cm³/mol. The second-order valence-corrected chi connectivity index (χ2v) is 7.56. The number of rotatable bonds is 3. The highest BCUT2D eigenvalue weighted by Crippen LogP contribution is 2.36. The van der Waals surface area contributed by atoms with Crippen molar-refractivity contribution in [2.45, 2.75) is 19.4 Å². The van der Waals surface area contributed by atoms with E-state index in [1.807, 2.05) is 12.3 Å². The maximum absolute atomic E-state index is 4.57. The predicted octanol–water partition coefficient (Wildman–Crippen LogP) is 3.45. The first-order chi connectivity index (χ1) is 10.7. The van der Waals surface area contributed by atoms with Gasteiger partial charge in [0.25, 0.3) is 0 Å². The number of H-pyrrole nitrogens is 1. The second-order valence-electron chi connectivity index (χ2n) is 6.64. The summed E-state index contributed by atoms with van der Waals surface area (Å²) in [5.74, 6) is 1.07. The van der Waals surface area contributed by atoms with E-state index in [4.69, 9.17) is 0 Å². The van der Waals surface area contributed by atoms with E-state index in [2.05, 4.69) is 54.3 Å². The zero-order chi connectivity index (χ0) is 15.0. The van der Waals surface area contributed by atoms with E-state index in [1.54, 1.807) is 0 Å². The first-order valence-electron chi connectivity index (χ1n) is 7.95. The average Bonchev–Trinajstić information content (AvgIpc) is 3.23. The third-order valence-corrected chi connectivity index (χ3v) is 5.48. The van der Waals surface area contributed by atoms with Crippen LogP contribution in [-0.2, 0) is 6.54 Å². The Kier molecular flexibility index (Phi) is 5.11. The van der Waals surface area contributed by atoms with Crippen LogP contribution in [0, 0.1) is 5.41 Å². The molecule has 3 heterocycles. The molecule has 1 atom stereocenters. The smallest absolute Gasteiger partial charge is 0.120 e. The Labute approximate surface area is 151 Å². The summed E-state index contributed by atoms with van der Waals surface area (Å²) in [4.78, 5) is 10.6. The van der Waals surface area contributed by atoms with Crippen LogP contribution in [0.5, 0.6) is 0 Å². The number of likely N-dealkylation sites (tertiary alicyclic amines) is 1. The maximum atomic E-state index is 4.57. The fourth-order valence-electron chi connectivity index (χ4n) is 3.76. The number of imidazole rings is 1. The Bertz CT molecular complexity index is 666. The van der Waals surface area contributed by atoms with Crippen LogP contribution in [0.3, 0.4) is 0 Å². The Morgan fingerprint density at radius 3 is 3.00 bits per heavy atom. The lowest BCUT2D eigenvalue weighted by Gasteiger charge is -2.22. The molecule has 4 nitrogen and oxygen atoms in total. The summed E-state index contributed by atoms with van der Waals surface area (Å²) < 4.78 is 1.09. The van der Waals surface area contributed by atoms with Gasteiger partial charge in [0.15, 0.2) is 0 Å². The van der Waals surface area contributed by atoms with Crippen molar-refractivity contribution < 1.29 is 0 Å². The summed E-state index contributed by atoms with van der Waals surface area (Å²) in [6.45, 7) is 5.68. The van der Waals surface area contributed by atoms with Gasteiger partial charge in [0.2, 0.25) is 0 Å². The summed E-state index contributed by atoms with van der Waals surface area (Å²) >= 11 is 3.52. The van der Waals surface area contributed by atoms with Crippen LogP contribution >= 0.6 is 28.3 Å². The molecule has 2 saturated heterocycles. The van der Waals surface area contributed by atoms with Gasteiger partial charge >= 0.3 is 0 Å². The molecule has 2 aliphatic heterocycles. The largest absolute Gasteiger partial charge is 0.341 e. The van der Waals surface area contributed by atoms with Gasteiger partial charge in [0.05, 0.1) is 18.4 Å². The van der Waals surface area contributed by atoms with Gasteiger partial charge in [-0.25, -0.2) is 4.98 Å². The van der Waals surface area contributed by atoms with Gasteiger partial charge in [-0.15, -0.1) is 12.4 Å². The van der Waals surface area contributed by atoms with Gasteiger partial charge < -0.3 is 10.3 Å². The summed E-state index contributed by atoms with van der Waals surface area (Å²) in [6.07, 6.45) is 4.59. The third kappa shape index (κ3) is 3.63. The highest BCUT2D eigenvalue weighted by atomic mass is 79.9.